The number of ether oxygens (including phenoxy) is 2. The molecule has 2 aromatic rings. The van der Waals surface area contributed by atoms with Crippen LogP contribution in [0.5, 0.6) is 5.75 Å². The van der Waals surface area contributed by atoms with E-state index < -0.39 is 11.5 Å². The highest BCUT2D eigenvalue weighted by Gasteiger charge is 2.17. The van der Waals surface area contributed by atoms with Crippen LogP contribution in [-0.4, -0.2) is 24.2 Å². The molecule has 1 aromatic heterocycles. The molecule has 0 saturated heterocycles. The van der Waals surface area contributed by atoms with E-state index in [2.05, 4.69) is 4.98 Å². The first kappa shape index (κ1) is 18.3. The summed E-state index contributed by atoms with van der Waals surface area (Å²) in [5.41, 5.74) is 1.70. The number of pyridine rings is 1. The Balaban J connectivity index is 2.32. The summed E-state index contributed by atoms with van der Waals surface area (Å²) in [5, 5.41) is 9.09. The van der Waals surface area contributed by atoms with Crippen molar-refractivity contribution in [2.75, 3.05) is 13.2 Å². The van der Waals surface area contributed by atoms with Crippen LogP contribution in [0, 0.1) is 24.2 Å². The summed E-state index contributed by atoms with van der Waals surface area (Å²) in [7, 11) is 0. The van der Waals surface area contributed by atoms with E-state index >= 15 is 0 Å². The minimum atomic E-state index is -0.418. The first-order valence-electron chi connectivity index (χ1n) is 8.00. The number of rotatable bonds is 6. The van der Waals surface area contributed by atoms with Crippen LogP contribution in [0.1, 0.15) is 25.1 Å². The number of carbonyl (C=O) groups excluding carboxylic acids is 1. The van der Waals surface area contributed by atoms with Gasteiger partial charge < -0.3 is 14.5 Å². The normalized spacial score (nSPS) is 11.4. The van der Waals surface area contributed by atoms with Gasteiger partial charge in [0.1, 0.15) is 24.0 Å². The molecule has 1 unspecified atom stereocenters. The van der Waals surface area contributed by atoms with Crippen LogP contribution in [0.25, 0.3) is 11.1 Å². The Morgan fingerprint density at radius 2 is 2.04 bits per heavy atom. The number of nitrogens with one attached hydrogen (secondary N) is 1. The summed E-state index contributed by atoms with van der Waals surface area (Å²) < 4.78 is 10.8. The van der Waals surface area contributed by atoms with Crippen LogP contribution >= 0.6 is 0 Å². The molecule has 0 saturated carbocycles. The lowest BCUT2D eigenvalue weighted by Crippen LogP contribution is -2.21. The Kier molecular flexibility index (Phi) is 5.96. The van der Waals surface area contributed by atoms with E-state index in [1.54, 1.807) is 32.9 Å². The van der Waals surface area contributed by atoms with Crippen molar-refractivity contribution >= 4 is 5.97 Å². The fraction of sp³-hybridized carbons (Fsp3) is 0.316. The molecule has 0 amide bonds. The molecule has 1 heterocycles. The molecule has 1 N–H and O–H groups in total. The number of benzene rings is 1. The highest BCUT2D eigenvalue weighted by molar-refractivity contribution is 5.74. The van der Waals surface area contributed by atoms with E-state index in [1.165, 1.54) is 0 Å². The van der Waals surface area contributed by atoms with E-state index in [1.807, 2.05) is 24.3 Å². The summed E-state index contributed by atoms with van der Waals surface area (Å²) in [5.74, 6) is -0.149. The molecule has 1 atom stereocenters. The van der Waals surface area contributed by atoms with Gasteiger partial charge >= 0.3 is 5.97 Å². The Morgan fingerprint density at radius 3 is 2.72 bits per heavy atom. The van der Waals surface area contributed by atoms with E-state index in [9.17, 15) is 9.59 Å². The van der Waals surface area contributed by atoms with E-state index in [0.29, 0.717) is 23.6 Å². The van der Waals surface area contributed by atoms with Crippen LogP contribution in [0.15, 0.2) is 35.1 Å². The Morgan fingerprint density at radius 1 is 1.32 bits per heavy atom. The minimum absolute atomic E-state index is 0.0373. The van der Waals surface area contributed by atoms with Gasteiger partial charge in [-0.15, -0.1) is 0 Å². The lowest BCUT2D eigenvalue weighted by Gasteiger charge is -2.16. The van der Waals surface area contributed by atoms with E-state index in [-0.39, 0.29) is 18.1 Å². The zero-order chi connectivity index (χ0) is 18.4. The van der Waals surface area contributed by atoms with Crippen LogP contribution in [0.4, 0.5) is 0 Å². The topological polar surface area (TPSA) is 92.2 Å². The molecule has 6 heteroatoms. The zero-order valence-electron chi connectivity index (χ0n) is 14.5. The van der Waals surface area contributed by atoms with Gasteiger partial charge in [0.15, 0.2) is 0 Å². The lowest BCUT2D eigenvalue weighted by molar-refractivity contribution is -0.148. The quantitative estimate of drug-likeness (QED) is 0.816. The van der Waals surface area contributed by atoms with E-state index in [4.69, 9.17) is 14.7 Å². The smallest absolute Gasteiger partial charge is 0.312 e. The maximum Gasteiger partial charge on any atom is 0.312 e. The SMILES string of the molecule is CCOC(=O)C(C)COc1ccccc1-c1cc(C#N)c(=O)[nH]c1C. The minimum Gasteiger partial charge on any atom is -0.492 e. The highest BCUT2D eigenvalue weighted by Crippen LogP contribution is 2.31. The van der Waals surface area contributed by atoms with Crippen molar-refractivity contribution in [3.8, 4) is 22.9 Å². The number of esters is 1. The molecule has 1 aromatic carbocycles. The lowest BCUT2D eigenvalue weighted by atomic mass is 10.0. The van der Waals surface area contributed by atoms with Gasteiger partial charge in [0.05, 0.1) is 12.5 Å². The average Bonchev–Trinajstić information content (AvgIpc) is 2.60. The van der Waals surface area contributed by atoms with Gasteiger partial charge in [-0.05, 0) is 32.9 Å². The first-order valence-corrected chi connectivity index (χ1v) is 8.00. The third-order valence-corrected chi connectivity index (χ3v) is 3.71. The van der Waals surface area contributed by atoms with Gasteiger partial charge in [-0.2, -0.15) is 5.26 Å². The molecule has 6 nitrogen and oxygen atoms in total. The second-order valence-electron chi connectivity index (χ2n) is 5.62. The number of carbonyl (C=O) groups is 1. The summed E-state index contributed by atoms with van der Waals surface area (Å²) in [6.07, 6.45) is 0. The summed E-state index contributed by atoms with van der Waals surface area (Å²) in [4.78, 5) is 26.1. The third-order valence-electron chi connectivity index (χ3n) is 3.71. The van der Waals surface area contributed by atoms with Crippen molar-refractivity contribution in [2.24, 2.45) is 5.92 Å². The van der Waals surface area contributed by atoms with Crippen molar-refractivity contribution in [2.45, 2.75) is 20.8 Å². The Labute approximate surface area is 146 Å². The van der Waals surface area contributed by atoms with Crippen molar-refractivity contribution < 1.29 is 14.3 Å². The zero-order valence-corrected chi connectivity index (χ0v) is 14.5. The van der Waals surface area contributed by atoms with Gasteiger partial charge in [-0.1, -0.05) is 18.2 Å². The molecule has 0 aliphatic heterocycles. The average molecular weight is 340 g/mol. The molecule has 25 heavy (non-hydrogen) atoms. The summed E-state index contributed by atoms with van der Waals surface area (Å²) >= 11 is 0. The number of nitriles is 1. The molecule has 0 bridgehead atoms. The van der Waals surface area contributed by atoms with Gasteiger partial charge in [0, 0.05) is 16.8 Å². The number of aromatic amines is 1. The predicted molar refractivity (Wildman–Crippen MR) is 93.2 cm³/mol. The summed E-state index contributed by atoms with van der Waals surface area (Å²) in [6, 6.07) is 10.7. The maximum atomic E-state index is 11.7. The molecule has 130 valence electrons. The van der Waals surface area contributed by atoms with Crippen LogP contribution < -0.4 is 10.3 Å². The number of nitrogens with zero attached hydrogens (tertiary/aromatic N) is 1. The molecule has 0 aliphatic rings. The van der Waals surface area contributed by atoms with Crippen molar-refractivity contribution in [1.82, 2.24) is 4.98 Å². The number of H-pyrrole nitrogens is 1. The van der Waals surface area contributed by atoms with Gasteiger partial charge in [-0.25, -0.2) is 0 Å². The molecular weight excluding hydrogens is 320 g/mol. The molecule has 0 radical (unpaired) electrons. The van der Waals surface area contributed by atoms with Crippen LogP contribution in [-0.2, 0) is 9.53 Å². The predicted octanol–water partition coefficient (Wildman–Crippen LogP) is 2.80. The summed E-state index contributed by atoms with van der Waals surface area (Å²) in [6.45, 7) is 5.75. The Bertz CT molecular complexity index is 864. The second-order valence-corrected chi connectivity index (χ2v) is 5.62. The second kappa shape index (κ2) is 8.15. The van der Waals surface area contributed by atoms with Crippen LogP contribution in [0.3, 0.4) is 0 Å². The number of para-hydroxylation sites is 1. The molecule has 0 aliphatic carbocycles. The van der Waals surface area contributed by atoms with E-state index in [0.717, 1.165) is 5.56 Å². The van der Waals surface area contributed by atoms with Gasteiger partial charge in [0.2, 0.25) is 0 Å². The fourth-order valence-corrected chi connectivity index (χ4v) is 2.37. The maximum absolute atomic E-state index is 11.7. The third kappa shape index (κ3) is 4.27. The van der Waals surface area contributed by atoms with Crippen molar-refractivity contribution in [3.63, 3.8) is 0 Å². The molecule has 2 rings (SSSR count). The van der Waals surface area contributed by atoms with Gasteiger partial charge in [0.25, 0.3) is 5.56 Å². The number of aryl methyl sites for hydroxylation is 1. The standard InChI is InChI=1S/C19H20N2O4/c1-4-24-19(23)12(2)11-25-17-8-6-5-7-15(17)16-9-14(10-20)18(22)21-13(16)3/h5-9,12H,4,11H2,1-3H3,(H,21,22). The van der Waals surface area contributed by atoms with Crippen molar-refractivity contribution in [3.05, 3.63) is 51.9 Å². The van der Waals surface area contributed by atoms with Gasteiger partial charge in [-0.3, -0.25) is 9.59 Å². The van der Waals surface area contributed by atoms with Crippen molar-refractivity contribution in [1.29, 1.82) is 5.26 Å². The Hall–Kier alpha value is -3.07. The van der Waals surface area contributed by atoms with Crippen LogP contribution in [0.2, 0.25) is 0 Å². The molecule has 0 spiro atoms. The highest BCUT2D eigenvalue weighted by atomic mass is 16.5. The number of hydrogen-bond acceptors (Lipinski definition) is 5. The first-order chi connectivity index (χ1) is 12.0. The number of aromatic nitrogens is 1. The molecule has 0 fully saturated rings. The largest absolute Gasteiger partial charge is 0.492 e. The monoisotopic (exact) mass is 340 g/mol. The fourth-order valence-electron chi connectivity index (χ4n) is 2.37. The molecular formula is C19H20N2O4. The number of hydrogen-bond donors (Lipinski definition) is 1.